The van der Waals surface area contributed by atoms with Crippen LogP contribution in [0.1, 0.15) is 15.4 Å². The predicted octanol–water partition coefficient (Wildman–Crippen LogP) is 4.46. The Hall–Kier alpha value is -2.06. The summed E-state index contributed by atoms with van der Waals surface area (Å²) in [5, 5.41) is 10.1. The van der Waals surface area contributed by atoms with Gasteiger partial charge in [-0.2, -0.15) is 0 Å². The Morgan fingerprint density at radius 1 is 1.14 bits per heavy atom. The first-order valence-electron chi connectivity index (χ1n) is 10.1. The van der Waals surface area contributed by atoms with E-state index >= 15 is 0 Å². The highest BCUT2D eigenvalue weighted by Gasteiger charge is 2.26. The van der Waals surface area contributed by atoms with Crippen molar-refractivity contribution in [2.45, 2.75) is 14.1 Å². The molecule has 35 heavy (non-hydrogen) atoms. The molecular formula is C21H18Cl2N4O5S3. The van der Waals surface area contributed by atoms with E-state index in [1.165, 1.54) is 41.2 Å². The molecule has 4 rings (SSSR count). The fraction of sp³-hybridized carbons (Fsp3) is 0.238. The van der Waals surface area contributed by atoms with Gasteiger partial charge in [-0.15, -0.1) is 10.2 Å². The number of fused-ring (bicyclic) bond motifs is 1. The van der Waals surface area contributed by atoms with Crippen LogP contribution < -0.4 is 4.90 Å². The number of rotatable bonds is 10. The lowest BCUT2D eigenvalue weighted by Crippen LogP contribution is -2.34. The number of methoxy groups -OCH3 is 1. The van der Waals surface area contributed by atoms with Crippen LogP contribution in [0.3, 0.4) is 0 Å². The number of carbonyl (C=O) groups is 1. The van der Waals surface area contributed by atoms with Crippen molar-refractivity contribution in [2.24, 2.45) is 0 Å². The van der Waals surface area contributed by atoms with Crippen LogP contribution in [0.15, 0.2) is 50.1 Å². The van der Waals surface area contributed by atoms with Gasteiger partial charge in [0, 0.05) is 37.1 Å². The summed E-state index contributed by atoms with van der Waals surface area (Å²) in [6.07, 6.45) is 4.45. The number of halogens is 2. The predicted molar refractivity (Wildman–Crippen MR) is 135 cm³/mol. The fourth-order valence-electron chi connectivity index (χ4n) is 3.10. The molecule has 1 aliphatic rings. The quantitative estimate of drug-likeness (QED) is 0.325. The van der Waals surface area contributed by atoms with E-state index in [9.17, 15) is 13.2 Å². The van der Waals surface area contributed by atoms with Crippen molar-refractivity contribution >= 4 is 73.8 Å². The van der Waals surface area contributed by atoms with E-state index in [2.05, 4.69) is 15.2 Å². The summed E-state index contributed by atoms with van der Waals surface area (Å²) >= 11 is 14.6. The Kier molecular flexibility index (Phi) is 8.42. The van der Waals surface area contributed by atoms with Crippen molar-refractivity contribution in [3.05, 3.63) is 56.6 Å². The zero-order chi connectivity index (χ0) is 25.0. The van der Waals surface area contributed by atoms with Crippen LogP contribution in [0.25, 0.3) is 6.08 Å². The van der Waals surface area contributed by atoms with Crippen LogP contribution >= 0.6 is 46.3 Å². The van der Waals surface area contributed by atoms with Gasteiger partial charge in [-0.3, -0.25) is 9.78 Å². The zero-order valence-electron chi connectivity index (χ0n) is 18.2. The van der Waals surface area contributed by atoms with Crippen molar-refractivity contribution in [3.8, 4) is 0 Å². The van der Waals surface area contributed by atoms with Gasteiger partial charge in [-0.1, -0.05) is 52.4 Å². The molecule has 2 aromatic heterocycles. The number of amides is 1. The summed E-state index contributed by atoms with van der Waals surface area (Å²) in [5.41, 5.74) is 0.971. The average molecular weight is 574 g/mol. The lowest BCUT2D eigenvalue weighted by atomic mass is 10.2. The maximum absolute atomic E-state index is 13.4. The average Bonchev–Trinajstić information content (AvgIpc) is 3.42. The molecule has 3 aromatic rings. The maximum atomic E-state index is 13.4. The van der Waals surface area contributed by atoms with E-state index in [0.717, 1.165) is 16.7 Å². The Bertz CT molecular complexity index is 1360. The molecule has 1 aromatic carbocycles. The van der Waals surface area contributed by atoms with Gasteiger partial charge in [0.1, 0.15) is 0 Å². The summed E-state index contributed by atoms with van der Waals surface area (Å²) < 4.78 is 35.7. The van der Waals surface area contributed by atoms with Crippen molar-refractivity contribution in [1.29, 1.82) is 0 Å². The number of hydrogen-bond donors (Lipinski definition) is 0. The monoisotopic (exact) mass is 572 g/mol. The molecule has 0 radical (unpaired) electrons. The van der Waals surface area contributed by atoms with Crippen LogP contribution in [-0.2, 0) is 19.3 Å². The maximum Gasteiger partial charge on any atom is 0.289 e. The molecule has 1 amide bonds. The van der Waals surface area contributed by atoms with Gasteiger partial charge >= 0.3 is 0 Å². The van der Waals surface area contributed by atoms with Crippen molar-refractivity contribution in [3.63, 3.8) is 0 Å². The second-order valence-electron chi connectivity index (χ2n) is 7.04. The molecular weight excluding hydrogens is 555 g/mol. The van der Waals surface area contributed by atoms with Crippen LogP contribution in [0, 0.1) is 0 Å². The first-order valence-corrected chi connectivity index (χ1v) is 14.0. The molecule has 0 bridgehead atoms. The van der Waals surface area contributed by atoms with Gasteiger partial charge in [0.2, 0.25) is 14.8 Å². The third kappa shape index (κ3) is 6.02. The van der Waals surface area contributed by atoms with E-state index in [1.807, 2.05) is 0 Å². The number of benzene rings is 1. The molecule has 0 N–H and O–H groups in total. The largest absolute Gasteiger partial charge is 0.382 e. The van der Waals surface area contributed by atoms with Crippen molar-refractivity contribution in [2.75, 3.05) is 38.4 Å². The number of hydrogen-bond acceptors (Lipinski definition) is 10. The number of carbonyl (C=O) groups excluding carboxylic acids is 1. The Labute approximate surface area is 220 Å². The number of pyridine rings is 1. The summed E-state index contributed by atoms with van der Waals surface area (Å²) in [6.45, 7) is 1.14. The van der Waals surface area contributed by atoms with Gasteiger partial charge in [0.05, 0.1) is 39.7 Å². The number of aromatic nitrogens is 3. The fourth-order valence-corrected chi connectivity index (χ4v) is 6.65. The van der Waals surface area contributed by atoms with E-state index in [4.69, 9.17) is 32.7 Å². The molecule has 0 spiro atoms. The lowest BCUT2D eigenvalue weighted by Gasteiger charge is -2.22. The number of sulfone groups is 1. The van der Waals surface area contributed by atoms with E-state index < -0.39 is 15.7 Å². The second kappa shape index (κ2) is 11.3. The summed E-state index contributed by atoms with van der Waals surface area (Å²) in [7, 11) is -1.98. The first-order chi connectivity index (χ1) is 16.8. The van der Waals surface area contributed by atoms with Gasteiger partial charge in [-0.25, -0.2) is 8.42 Å². The van der Waals surface area contributed by atoms with Crippen LogP contribution in [0.4, 0.5) is 5.69 Å². The highest BCUT2D eigenvalue weighted by molar-refractivity contribution is 8.01. The standard InChI is InChI=1S/C21H18Cl2N4O5S3/c1-31-7-8-32-6-5-27(14-3-2-13-4-9-35(29,30)17(13)10-14)20(28)19-25-26-21(34-19)33-18-15(22)11-24-12-16(18)23/h2-4,9-12H,5-8H2,1H3. The van der Waals surface area contributed by atoms with Gasteiger partial charge < -0.3 is 14.4 Å². The SMILES string of the molecule is COCCOCCN(C(=O)c1nnc(Sc2c(Cl)cncc2Cl)s1)c1ccc2c(c1)S(=O)(=O)C=C2. The van der Waals surface area contributed by atoms with Gasteiger partial charge in [0.25, 0.3) is 5.91 Å². The Morgan fingerprint density at radius 2 is 1.91 bits per heavy atom. The number of anilines is 1. The highest BCUT2D eigenvalue weighted by Crippen LogP contribution is 2.39. The molecule has 14 heteroatoms. The molecule has 0 atom stereocenters. The number of nitrogens with zero attached hydrogens (tertiary/aromatic N) is 4. The molecule has 0 saturated carbocycles. The minimum atomic E-state index is -3.55. The molecule has 1 aliphatic heterocycles. The zero-order valence-corrected chi connectivity index (χ0v) is 22.1. The van der Waals surface area contributed by atoms with E-state index in [1.54, 1.807) is 19.2 Å². The minimum absolute atomic E-state index is 0.118. The van der Waals surface area contributed by atoms with Gasteiger partial charge in [0.15, 0.2) is 4.34 Å². The van der Waals surface area contributed by atoms with Crippen molar-refractivity contribution < 1.29 is 22.7 Å². The molecule has 0 unspecified atom stereocenters. The molecule has 0 saturated heterocycles. The topological polar surface area (TPSA) is 112 Å². The summed E-state index contributed by atoms with van der Waals surface area (Å²) in [4.78, 5) is 19.5. The first kappa shape index (κ1) is 26.0. The van der Waals surface area contributed by atoms with Gasteiger partial charge in [-0.05, 0) is 23.8 Å². The smallest absolute Gasteiger partial charge is 0.289 e. The lowest BCUT2D eigenvalue weighted by molar-refractivity contribution is 0.0722. The Balaban J connectivity index is 1.59. The normalized spacial score (nSPS) is 13.7. The van der Waals surface area contributed by atoms with Crippen LogP contribution in [0.2, 0.25) is 10.0 Å². The van der Waals surface area contributed by atoms with E-state index in [-0.39, 0.29) is 23.1 Å². The second-order valence-corrected chi connectivity index (χ2v) is 11.9. The highest BCUT2D eigenvalue weighted by atomic mass is 35.5. The van der Waals surface area contributed by atoms with E-state index in [0.29, 0.717) is 43.7 Å². The third-order valence-corrected chi connectivity index (χ3v) is 9.13. The number of ether oxygens (including phenoxy) is 2. The third-order valence-electron chi connectivity index (χ3n) is 4.77. The molecule has 0 aliphatic carbocycles. The van der Waals surface area contributed by atoms with Crippen molar-refractivity contribution in [1.82, 2.24) is 15.2 Å². The molecule has 184 valence electrons. The van der Waals surface area contributed by atoms with Crippen LogP contribution in [0.5, 0.6) is 0 Å². The summed E-state index contributed by atoms with van der Waals surface area (Å²) in [5.74, 6) is -0.445. The molecule has 0 fully saturated rings. The van der Waals surface area contributed by atoms with Crippen LogP contribution in [-0.4, -0.2) is 63.0 Å². The minimum Gasteiger partial charge on any atom is -0.382 e. The summed E-state index contributed by atoms with van der Waals surface area (Å²) in [6, 6.07) is 4.82. The molecule has 9 nitrogen and oxygen atoms in total. The Morgan fingerprint density at radius 3 is 2.66 bits per heavy atom. The molecule has 3 heterocycles.